The summed E-state index contributed by atoms with van der Waals surface area (Å²) in [7, 11) is 1.67. The van der Waals surface area contributed by atoms with E-state index in [0.717, 1.165) is 40.6 Å². The van der Waals surface area contributed by atoms with Crippen LogP contribution in [0.3, 0.4) is 0 Å². The van der Waals surface area contributed by atoms with Crippen molar-refractivity contribution in [2.45, 2.75) is 26.9 Å². The fourth-order valence-electron chi connectivity index (χ4n) is 3.14. The number of nitrogens with zero attached hydrogens (tertiary/aromatic N) is 3. The summed E-state index contributed by atoms with van der Waals surface area (Å²) in [6, 6.07) is 16.3. The molecular weight excluding hydrogens is 517 g/mol. The van der Waals surface area contributed by atoms with Crippen molar-refractivity contribution in [3.63, 3.8) is 0 Å². The number of hydrogen-bond donors (Lipinski definition) is 2. The van der Waals surface area contributed by atoms with Gasteiger partial charge in [0.15, 0.2) is 5.96 Å². The summed E-state index contributed by atoms with van der Waals surface area (Å²) < 4.78 is 12.9. The molecule has 0 unspecified atom stereocenters. The third-order valence-electron chi connectivity index (χ3n) is 4.71. The van der Waals surface area contributed by atoms with Gasteiger partial charge in [-0.1, -0.05) is 30.3 Å². The van der Waals surface area contributed by atoms with Crippen LogP contribution < -0.4 is 15.4 Å². The van der Waals surface area contributed by atoms with Crippen molar-refractivity contribution in [1.29, 1.82) is 0 Å². The first-order chi connectivity index (χ1) is 15.2. The Kier molecular flexibility index (Phi) is 11.0. The molecule has 3 aromatic rings. The van der Waals surface area contributed by atoms with Crippen LogP contribution in [-0.2, 0) is 17.8 Å². The maximum Gasteiger partial charge on any atom is 0.191 e. The number of guanidine groups is 1. The zero-order chi connectivity index (χ0) is 21.9. The summed E-state index contributed by atoms with van der Waals surface area (Å²) in [5.41, 5.74) is 4.37. The smallest absolute Gasteiger partial charge is 0.191 e. The molecule has 8 heteroatoms. The lowest BCUT2D eigenvalue weighted by Gasteiger charge is -2.15. The molecule has 0 spiro atoms. The topological polar surface area (TPSA) is 72.7 Å². The van der Waals surface area contributed by atoms with Gasteiger partial charge in [0.1, 0.15) is 12.4 Å². The van der Waals surface area contributed by atoms with E-state index in [4.69, 9.17) is 14.5 Å². The number of aryl methyl sites for hydroxylation is 1. The average Bonchev–Trinajstić information content (AvgIpc) is 3.32. The highest BCUT2D eigenvalue weighted by atomic mass is 127. The standard InChI is InChI=1S/C24H31N5O2.HI/c1-4-25-24(26-17-20-8-5-6-9-22(20)29-13-7-12-28-29)27-18-21-11-10-19(2)16-23(21)31-15-14-30-3;/h5-13,16H,4,14-15,17-18H2,1-3H3,(H2,25,26,27);1H. The Morgan fingerprint density at radius 2 is 1.91 bits per heavy atom. The number of nitrogens with one attached hydrogen (secondary N) is 2. The Labute approximate surface area is 207 Å². The van der Waals surface area contributed by atoms with Gasteiger partial charge in [0, 0.05) is 38.2 Å². The molecule has 7 nitrogen and oxygen atoms in total. The fraction of sp³-hybridized carbons (Fsp3) is 0.333. The molecule has 0 bridgehead atoms. The van der Waals surface area contributed by atoms with Gasteiger partial charge in [0.05, 0.1) is 18.8 Å². The molecule has 0 aliphatic carbocycles. The molecule has 0 aliphatic heterocycles. The van der Waals surface area contributed by atoms with E-state index >= 15 is 0 Å². The summed E-state index contributed by atoms with van der Waals surface area (Å²) >= 11 is 0. The van der Waals surface area contributed by atoms with Crippen molar-refractivity contribution in [3.8, 4) is 11.4 Å². The van der Waals surface area contributed by atoms with Crippen molar-refractivity contribution in [2.75, 3.05) is 26.9 Å². The zero-order valence-electron chi connectivity index (χ0n) is 18.9. The second-order valence-corrected chi connectivity index (χ2v) is 7.08. The first kappa shape index (κ1) is 25.7. The van der Waals surface area contributed by atoms with Gasteiger partial charge >= 0.3 is 0 Å². The van der Waals surface area contributed by atoms with Crippen molar-refractivity contribution >= 4 is 29.9 Å². The van der Waals surface area contributed by atoms with Gasteiger partial charge in [-0.2, -0.15) is 5.10 Å². The Morgan fingerprint density at radius 1 is 1.06 bits per heavy atom. The number of halogens is 1. The zero-order valence-corrected chi connectivity index (χ0v) is 21.2. The molecule has 1 heterocycles. The molecule has 172 valence electrons. The van der Waals surface area contributed by atoms with Crippen LogP contribution >= 0.6 is 24.0 Å². The van der Waals surface area contributed by atoms with E-state index in [9.17, 15) is 0 Å². The van der Waals surface area contributed by atoms with Gasteiger partial charge < -0.3 is 20.1 Å². The van der Waals surface area contributed by atoms with Crippen molar-refractivity contribution in [3.05, 3.63) is 77.6 Å². The van der Waals surface area contributed by atoms with Gasteiger partial charge in [0.2, 0.25) is 0 Å². The van der Waals surface area contributed by atoms with Gasteiger partial charge in [-0.3, -0.25) is 0 Å². The lowest BCUT2D eigenvalue weighted by Crippen LogP contribution is -2.37. The third kappa shape index (κ3) is 7.52. The van der Waals surface area contributed by atoms with Gasteiger partial charge in [-0.25, -0.2) is 9.67 Å². The molecule has 32 heavy (non-hydrogen) atoms. The molecule has 2 aromatic carbocycles. The van der Waals surface area contributed by atoms with Crippen LogP contribution in [-0.4, -0.2) is 42.6 Å². The van der Waals surface area contributed by atoms with Gasteiger partial charge in [-0.15, -0.1) is 24.0 Å². The number of benzene rings is 2. The Hall–Kier alpha value is -2.59. The number of aromatic nitrogens is 2. The predicted molar refractivity (Wildman–Crippen MR) is 139 cm³/mol. The lowest BCUT2D eigenvalue weighted by molar-refractivity contribution is 0.145. The molecule has 0 saturated heterocycles. The van der Waals surface area contributed by atoms with E-state index in [2.05, 4.69) is 53.8 Å². The summed E-state index contributed by atoms with van der Waals surface area (Å²) in [6.07, 6.45) is 3.73. The number of aliphatic imine (C=N–C) groups is 1. The fourth-order valence-corrected chi connectivity index (χ4v) is 3.14. The van der Waals surface area contributed by atoms with E-state index in [0.29, 0.717) is 26.3 Å². The van der Waals surface area contributed by atoms with Crippen LogP contribution in [0.1, 0.15) is 23.6 Å². The van der Waals surface area contributed by atoms with Crippen LogP contribution in [0.25, 0.3) is 5.69 Å². The molecule has 3 rings (SSSR count). The highest BCUT2D eigenvalue weighted by Crippen LogP contribution is 2.21. The Morgan fingerprint density at radius 3 is 2.66 bits per heavy atom. The lowest BCUT2D eigenvalue weighted by atomic mass is 10.1. The van der Waals surface area contributed by atoms with Crippen LogP contribution in [0.15, 0.2) is 65.9 Å². The highest BCUT2D eigenvalue weighted by molar-refractivity contribution is 14.0. The monoisotopic (exact) mass is 549 g/mol. The van der Waals surface area contributed by atoms with E-state index in [1.165, 1.54) is 0 Å². The molecule has 0 atom stereocenters. The van der Waals surface area contributed by atoms with Crippen molar-refractivity contribution < 1.29 is 9.47 Å². The quantitative estimate of drug-likeness (QED) is 0.173. The van der Waals surface area contributed by atoms with Gasteiger partial charge in [-0.05, 0) is 43.2 Å². The minimum Gasteiger partial charge on any atom is -0.491 e. The highest BCUT2D eigenvalue weighted by Gasteiger charge is 2.07. The van der Waals surface area contributed by atoms with Crippen LogP contribution in [0.5, 0.6) is 5.75 Å². The first-order valence-corrected chi connectivity index (χ1v) is 10.5. The molecule has 0 radical (unpaired) electrons. The summed E-state index contributed by atoms with van der Waals surface area (Å²) in [5.74, 6) is 1.60. The third-order valence-corrected chi connectivity index (χ3v) is 4.71. The molecular formula is C24H32IN5O2. The van der Waals surface area contributed by atoms with E-state index in [-0.39, 0.29) is 24.0 Å². The second-order valence-electron chi connectivity index (χ2n) is 7.08. The SMILES string of the molecule is CCNC(=NCc1ccc(C)cc1OCCOC)NCc1ccccc1-n1cccn1.I. The van der Waals surface area contributed by atoms with Crippen LogP contribution in [0, 0.1) is 6.92 Å². The van der Waals surface area contributed by atoms with Crippen LogP contribution in [0.2, 0.25) is 0 Å². The van der Waals surface area contributed by atoms with Crippen molar-refractivity contribution in [2.24, 2.45) is 4.99 Å². The number of ether oxygens (including phenoxy) is 2. The summed E-state index contributed by atoms with van der Waals surface area (Å²) in [5, 5.41) is 11.1. The predicted octanol–water partition coefficient (Wildman–Crippen LogP) is 4.08. The maximum absolute atomic E-state index is 5.89. The number of para-hydroxylation sites is 1. The first-order valence-electron chi connectivity index (χ1n) is 10.5. The summed E-state index contributed by atoms with van der Waals surface area (Å²) in [4.78, 5) is 4.77. The second kappa shape index (κ2) is 13.7. The number of methoxy groups -OCH3 is 1. The molecule has 2 N–H and O–H groups in total. The van der Waals surface area contributed by atoms with E-state index < -0.39 is 0 Å². The van der Waals surface area contributed by atoms with Gasteiger partial charge in [0.25, 0.3) is 0 Å². The Balaban J connectivity index is 0.00000363. The molecule has 0 amide bonds. The largest absolute Gasteiger partial charge is 0.491 e. The van der Waals surface area contributed by atoms with Crippen LogP contribution in [0.4, 0.5) is 0 Å². The normalized spacial score (nSPS) is 11.0. The average molecular weight is 549 g/mol. The minimum absolute atomic E-state index is 0. The van der Waals surface area contributed by atoms with E-state index in [1.54, 1.807) is 13.3 Å². The van der Waals surface area contributed by atoms with Crippen molar-refractivity contribution in [1.82, 2.24) is 20.4 Å². The molecule has 0 fully saturated rings. The summed E-state index contributed by atoms with van der Waals surface area (Å²) in [6.45, 7) is 7.10. The number of rotatable bonds is 10. The van der Waals surface area contributed by atoms with E-state index in [1.807, 2.05) is 35.1 Å². The number of hydrogen-bond acceptors (Lipinski definition) is 4. The molecule has 0 saturated carbocycles. The molecule has 0 aliphatic rings. The minimum atomic E-state index is 0. The maximum atomic E-state index is 5.89. The Bertz CT molecular complexity index is 976. The molecule has 1 aromatic heterocycles.